The molecule has 1 amide bonds. The first kappa shape index (κ1) is 18.7. The molecule has 0 aliphatic heterocycles. The Labute approximate surface area is 137 Å². The molecule has 6 heteroatoms. The number of methoxy groups -OCH3 is 1. The predicted octanol–water partition coefficient (Wildman–Crippen LogP) is 2.95. The van der Waals surface area contributed by atoms with E-state index in [0.29, 0.717) is 17.7 Å². The monoisotopic (exact) mass is 330 g/mol. The lowest BCUT2D eigenvalue weighted by Crippen LogP contribution is -2.33. The van der Waals surface area contributed by atoms with Gasteiger partial charge in [0.25, 0.3) is 0 Å². The second-order valence-electron chi connectivity index (χ2n) is 5.73. The third kappa shape index (κ3) is 4.58. The summed E-state index contributed by atoms with van der Waals surface area (Å²) in [6, 6.07) is 4.12. The van der Waals surface area contributed by atoms with Crippen molar-refractivity contribution in [1.29, 1.82) is 0 Å². The number of ether oxygens (including phenoxy) is 1. The Bertz CT molecular complexity index is 513. The quantitative estimate of drug-likeness (QED) is 0.872. The van der Waals surface area contributed by atoms with E-state index in [1.807, 2.05) is 6.92 Å². The highest BCUT2D eigenvalue weighted by Gasteiger charge is 2.26. The molecule has 1 unspecified atom stereocenters. The van der Waals surface area contributed by atoms with Crippen molar-refractivity contribution >= 4 is 18.3 Å². The van der Waals surface area contributed by atoms with Gasteiger partial charge in [-0.1, -0.05) is 6.42 Å². The van der Waals surface area contributed by atoms with Crippen molar-refractivity contribution < 1.29 is 13.9 Å². The van der Waals surface area contributed by atoms with E-state index in [1.54, 1.807) is 6.07 Å². The molecule has 0 aromatic heterocycles. The van der Waals surface area contributed by atoms with Gasteiger partial charge >= 0.3 is 0 Å². The Morgan fingerprint density at radius 3 is 2.82 bits per heavy atom. The van der Waals surface area contributed by atoms with Crippen LogP contribution in [-0.4, -0.2) is 19.1 Å². The maximum absolute atomic E-state index is 13.4. The van der Waals surface area contributed by atoms with Crippen LogP contribution in [0, 0.1) is 11.7 Å². The van der Waals surface area contributed by atoms with Gasteiger partial charge in [-0.3, -0.25) is 4.79 Å². The van der Waals surface area contributed by atoms with Crippen molar-refractivity contribution in [3.8, 4) is 5.75 Å². The second-order valence-corrected chi connectivity index (χ2v) is 5.73. The number of nitrogens with one attached hydrogen (secondary N) is 1. The summed E-state index contributed by atoms with van der Waals surface area (Å²) in [4.78, 5) is 12.1. The normalized spacial score (nSPS) is 21.8. The Balaban J connectivity index is 0.00000242. The number of hydrogen-bond donors (Lipinski definition) is 2. The van der Waals surface area contributed by atoms with Gasteiger partial charge in [0, 0.05) is 18.0 Å². The fourth-order valence-electron chi connectivity index (χ4n) is 2.98. The van der Waals surface area contributed by atoms with Gasteiger partial charge in [-0.25, -0.2) is 4.39 Å². The summed E-state index contributed by atoms with van der Waals surface area (Å²) >= 11 is 0. The van der Waals surface area contributed by atoms with Gasteiger partial charge in [0.1, 0.15) is 11.6 Å². The van der Waals surface area contributed by atoms with Crippen LogP contribution in [0.2, 0.25) is 0 Å². The average Bonchev–Trinajstić information content (AvgIpc) is 2.84. The highest BCUT2D eigenvalue weighted by atomic mass is 35.5. The highest BCUT2D eigenvalue weighted by Crippen LogP contribution is 2.28. The lowest BCUT2D eigenvalue weighted by molar-refractivity contribution is -0.122. The molecule has 0 spiro atoms. The minimum Gasteiger partial charge on any atom is -0.496 e. The SMILES string of the molecule is COc1ccc(F)cc1C(C)NC(=O)C[C@@H]1CCC[C@H]1N.Cl. The largest absolute Gasteiger partial charge is 0.496 e. The summed E-state index contributed by atoms with van der Waals surface area (Å²) in [7, 11) is 1.53. The number of halogens is 2. The van der Waals surface area contributed by atoms with Crippen LogP contribution >= 0.6 is 12.4 Å². The number of rotatable bonds is 5. The molecule has 1 aliphatic carbocycles. The molecule has 1 aliphatic rings. The molecule has 0 saturated heterocycles. The third-order valence-electron chi connectivity index (χ3n) is 4.20. The van der Waals surface area contributed by atoms with Crippen LogP contribution in [0.1, 0.15) is 44.2 Å². The van der Waals surface area contributed by atoms with Crippen LogP contribution in [0.15, 0.2) is 18.2 Å². The number of nitrogens with two attached hydrogens (primary N) is 1. The van der Waals surface area contributed by atoms with E-state index in [-0.39, 0.29) is 42.1 Å². The van der Waals surface area contributed by atoms with E-state index in [9.17, 15) is 9.18 Å². The molecule has 2 rings (SSSR count). The zero-order chi connectivity index (χ0) is 15.4. The molecule has 124 valence electrons. The Kier molecular flexibility index (Phi) is 7.10. The van der Waals surface area contributed by atoms with Crippen LogP contribution in [0.25, 0.3) is 0 Å². The van der Waals surface area contributed by atoms with Crippen molar-refractivity contribution in [2.45, 2.75) is 44.7 Å². The summed E-state index contributed by atoms with van der Waals surface area (Å²) < 4.78 is 18.6. The summed E-state index contributed by atoms with van der Waals surface area (Å²) in [6.45, 7) is 1.82. The van der Waals surface area contributed by atoms with Gasteiger partial charge in [0.05, 0.1) is 13.2 Å². The molecule has 0 heterocycles. The predicted molar refractivity (Wildman–Crippen MR) is 86.7 cm³/mol. The number of amides is 1. The molecular formula is C16H24ClFN2O2. The standard InChI is InChI=1S/C16H23FN2O2.ClH/c1-10(13-9-12(17)6-7-15(13)21-2)19-16(20)8-11-4-3-5-14(11)18;/h6-7,9-11,14H,3-5,8,18H2,1-2H3,(H,19,20);1H/t10?,11-,14+;/m0./s1. The topological polar surface area (TPSA) is 64.3 Å². The first-order chi connectivity index (χ1) is 10.0. The average molecular weight is 331 g/mol. The number of carbonyl (C=O) groups excluding carboxylic acids is 1. The van der Waals surface area contributed by atoms with Gasteiger partial charge in [-0.05, 0) is 43.9 Å². The summed E-state index contributed by atoms with van der Waals surface area (Å²) in [5, 5.41) is 2.90. The second kappa shape index (κ2) is 8.34. The minimum absolute atomic E-state index is 0. The van der Waals surface area contributed by atoms with Crippen molar-refractivity contribution in [3.05, 3.63) is 29.6 Å². The number of benzene rings is 1. The van der Waals surface area contributed by atoms with Gasteiger partial charge in [0.15, 0.2) is 0 Å². The van der Waals surface area contributed by atoms with E-state index in [2.05, 4.69) is 5.32 Å². The first-order valence-corrected chi connectivity index (χ1v) is 7.39. The summed E-state index contributed by atoms with van der Waals surface area (Å²) in [5.41, 5.74) is 6.63. The molecule has 4 nitrogen and oxygen atoms in total. The molecule has 22 heavy (non-hydrogen) atoms. The van der Waals surface area contributed by atoms with Gasteiger partial charge in [0.2, 0.25) is 5.91 Å². The van der Waals surface area contributed by atoms with E-state index in [4.69, 9.17) is 10.5 Å². The highest BCUT2D eigenvalue weighted by molar-refractivity contribution is 5.85. The third-order valence-corrected chi connectivity index (χ3v) is 4.20. The van der Waals surface area contributed by atoms with Crippen LogP contribution in [0.5, 0.6) is 5.75 Å². The van der Waals surface area contributed by atoms with E-state index in [1.165, 1.54) is 19.2 Å². The maximum Gasteiger partial charge on any atom is 0.220 e. The molecule has 1 fully saturated rings. The maximum atomic E-state index is 13.4. The first-order valence-electron chi connectivity index (χ1n) is 7.39. The molecule has 3 N–H and O–H groups in total. The van der Waals surface area contributed by atoms with Crippen LogP contribution in [0.3, 0.4) is 0 Å². The molecule has 1 saturated carbocycles. The molecule has 3 atom stereocenters. The lowest BCUT2D eigenvalue weighted by atomic mass is 9.99. The molecule has 1 aromatic carbocycles. The van der Waals surface area contributed by atoms with Crippen molar-refractivity contribution in [2.75, 3.05) is 7.11 Å². The summed E-state index contributed by atoms with van der Waals surface area (Å²) in [5.74, 6) is 0.439. The fourth-order valence-corrected chi connectivity index (χ4v) is 2.98. The molecule has 0 radical (unpaired) electrons. The van der Waals surface area contributed by atoms with Crippen molar-refractivity contribution in [1.82, 2.24) is 5.32 Å². The zero-order valence-corrected chi connectivity index (χ0v) is 13.8. The Morgan fingerprint density at radius 2 is 2.23 bits per heavy atom. The Morgan fingerprint density at radius 1 is 1.50 bits per heavy atom. The molecular weight excluding hydrogens is 307 g/mol. The van der Waals surface area contributed by atoms with Gasteiger partial charge < -0.3 is 15.8 Å². The van der Waals surface area contributed by atoms with E-state index < -0.39 is 0 Å². The smallest absolute Gasteiger partial charge is 0.220 e. The van der Waals surface area contributed by atoms with Crippen LogP contribution in [0.4, 0.5) is 4.39 Å². The fraction of sp³-hybridized carbons (Fsp3) is 0.562. The minimum atomic E-state index is -0.343. The zero-order valence-electron chi connectivity index (χ0n) is 13.0. The van der Waals surface area contributed by atoms with Crippen LogP contribution < -0.4 is 15.8 Å². The number of carbonyl (C=O) groups is 1. The summed E-state index contributed by atoms with van der Waals surface area (Å²) in [6.07, 6.45) is 3.52. The molecule has 0 bridgehead atoms. The van der Waals surface area contributed by atoms with Gasteiger partial charge in [-0.15, -0.1) is 12.4 Å². The number of hydrogen-bond acceptors (Lipinski definition) is 3. The van der Waals surface area contributed by atoms with Crippen molar-refractivity contribution in [3.63, 3.8) is 0 Å². The molecule has 1 aromatic rings. The Hall–Kier alpha value is -1.33. The lowest BCUT2D eigenvalue weighted by Gasteiger charge is -2.20. The van der Waals surface area contributed by atoms with E-state index in [0.717, 1.165) is 19.3 Å². The van der Waals surface area contributed by atoms with Crippen molar-refractivity contribution in [2.24, 2.45) is 11.7 Å². The van der Waals surface area contributed by atoms with Gasteiger partial charge in [-0.2, -0.15) is 0 Å². The van der Waals surface area contributed by atoms with E-state index >= 15 is 0 Å². The van der Waals surface area contributed by atoms with Crippen LogP contribution in [-0.2, 0) is 4.79 Å².